The first kappa shape index (κ1) is 14.2. The number of hydrogen-bond donors (Lipinski definition) is 3. The van der Waals surface area contributed by atoms with Crippen LogP contribution in [0.25, 0.3) is 0 Å². The Morgan fingerprint density at radius 1 is 1.59 bits per heavy atom. The van der Waals surface area contributed by atoms with Crippen molar-refractivity contribution in [1.29, 1.82) is 0 Å². The van der Waals surface area contributed by atoms with E-state index >= 15 is 0 Å². The summed E-state index contributed by atoms with van der Waals surface area (Å²) in [6.45, 7) is 4.23. The molecular formula is C11H19N3OS2. The van der Waals surface area contributed by atoms with E-state index in [2.05, 4.69) is 24.5 Å². The highest BCUT2D eigenvalue weighted by molar-refractivity contribution is 7.99. The summed E-state index contributed by atoms with van der Waals surface area (Å²) in [5.41, 5.74) is 6.57. The number of nitrogens with two attached hydrogens (primary N) is 1. The zero-order valence-corrected chi connectivity index (χ0v) is 12.2. The molecule has 0 spiro atoms. The predicted molar refractivity (Wildman–Crippen MR) is 77.3 cm³/mol. The van der Waals surface area contributed by atoms with Gasteiger partial charge in [0, 0.05) is 13.1 Å². The number of anilines is 2. The van der Waals surface area contributed by atoms with Crippen LogP contribution in [-0.4, -0.2) is 25.3 Å². The average molecular weight is 273 g/mol. The van der Waals surface area contributed by atoms with Gasteiger partial charge in [0.2, 0.25) is 0 Å². The normalized spacial score (nSPS) is 12.2. The Balaban J connectivity index is 3.09. The molecule has 1 rings (SSSR count). The van der Waals surface area contributed by atoms with Crippen molar-refractivity contribution >= 4 is 39.7 Å². The Morgan fingerprint density at radius 3 is 2.71 bits per heavy atom. The number of carbonyl (C=O) groups excluding carboxylic acids is 1. The molecule has 1 unspecified atom stereocenters. The third kappa shape index (κ3) is 3.07. The lowest BCUT2D eigenvalue weighted by molar-refractivity contribution is 0.0968. The van der Waals surface area contributed by atoms with E-state index in [1.807, 2.05) is 6.26 Å². The van der Waals surface area contributed by atoms with Gasteiger partial charge in [-0.2, -0.15) is 0 Å². The largest absolute Gasteiger partial charge is 0.396 e. The van der Waals surface area contributed by atoms with E-state index in [-0.39, 0.29) is 5.91 Å². The number of thiophene rings is 1. The molecule has 0 aliphatic rings. The first-order valence-electron chi connectivity index (χ1n) is 5.49. The van der Waals surface area contributed by atoms with Crippen molar-refractivity contribution < 1.29 is 4.79 Å². The first-order valence-corrected chi connectivity index (χ1v) is 7.54. The van der Waals surface area contributed by atoms with Gasteiger partial charge in [0.15, 0.2) is 0 Å². The van der Waals surface area contributed by atoms with Crippen molar-refractivity contribution in [3.63, 3.8) is 0 Å². The molecule has 6 heteroatoms. The fourth-order valence-corrected chi connectivity index (χ4v) is 3.41. The molecule has 1 atom stereocenters. The van der Waals surface area contributed by atoms with Crippen molar-refractivity contribution in [3.05, 3.63) is 4.88 Å². The quantitative estimate of drug-likeness (QED) is 0.721. The summed E-state index contributed by atoms with van der Waals surface area (Å²) in [4.78, 5) is 13.2. The van der Waals surface area contributed by atoms with Crippen LogP contribution in [0.1, 0.15) is 29.9 Å². The van der Waals surface area contributed by atoms with Crippen LogP contribution in [0.15, 0.2) is 4.90 Å². The molecule has 1 heterocycles. The van der Waals surface area contributed by atoms with E-state index in [1.165, 1.54) is 11.3 Å². The number of thioether (sulfide) groups is 1. The van der Waals surface area contributed by atoms with Gasteiger partial charge in [-0.1, -0.05) is 6.92 Å². The van der Waals surface area contributed by atoms with Crippen molar-refractivity contribution in [3.8, 4) is 0 Å². The second-order valence-corrected chi connectivity index (χ2v) is 5.58. The van der Waals surface area contributed by atoms with Crippen molar-refractivity contribution in [1.82, 2.24) is 5.32 Å². The second kappa shape index (κ2) is 6.16. The molecule has 0 saturated heterocycles. The molecule has 1 aromatic rings. The lowest BCUT2D eigenvalue weighted by Gasteiger charge is -2.12. The number of carbonyl (C=O) groups is 1. The molecule has 0 saturated carbocycles. The summed E-state index contributed by atoms with van der Waals surface area (Å²) in [7, 11) is 1.61. The molecule has 1 aromatic heterocycles. The average Bonchev–Trinajstić information content (AvgIpc) is 2.64. The number of rotatable bonds is 5. The first-order chi connectivity index (χ1) is 8.04. The highest BCUT2D eigenvalue weighted by Crippen LogP contribution is 2.41. The topological polar surface area (TPSA) is 67.2 Å². The molecule has 0 fully saturated rings. The molecule has 0 aliphatic carbocycles. The highest BCUT2D eigenvalue weighted by Gasteiger charge is 2.20. The van der Waals surface area contributed by atoms with Crippen LogP contribution in [-0.2, 0) is 0 Å². The highest BCUT2D eigenvalue weighted by atomic mass is 32.2. The fourth-order valence-electron chi connectivity index (χ4n) is 1.33. The molecule has 17 heavy (non-hydrogen) atoms. The maximum atomic E-state index is 11.7. The summed E-state index contributed by atoms with van der Waals surface area (Å²) in [6.07, 6.45) is 2.99. The van der Waals surface area contributed by atoms with E-state index in [9.17, 15) is 4.79 Å². The van der Waals surface area contributed by atoms with E-state index in [4.69, 9.17) is 5.73 Å². The van der Waals surface area contributed by atoms with E-state index in [0.29, 0.717) is 16.6 Å². The molecular weight excluding hydrogens is 254 g/mol. The van der Waals surface area contributed by atoms with Crippen molar-refractivity contribution in [2.24, 2.45) is 0 Å². The van der Waals surface area contributed by atoms with Gasteiger partial charge >= 0.3 is 0 Å². The van der Waals surface area contributed by atoms with Gasteiger partial charge in [0.1, 0.15) is 9.88 Å². The van der Waals surface area contributed by atoms with Crippen LogP contribution in [0, 0.1) is 0 Å². The summed E-state index contributed by atoms with van der Waals surface area (Å²) in [5, 5.41) is 6.99. The minimum absolute atomic E-state index is 0.125. The van der Waals surface area contributed by atoms with Crippen LogP contribution in [0.5, 0.6) is 0 Å². The second-order valence-electron chi connectivity index (χ2n) is 3.74. The van der Waals surface area contributed by atoms with Gasteiger partial charge in [-0.25, -0.2) is 0 Å². The standard InChI is InChI=1S/C11H19N3OS2/c1-5-6(2)14-11-9(16-4)7(12)8(17-11)10(15)13-3/h6,14H,5,12H2,1-4H3,(H,13,15). The molecule has 4 nitrogen and oxygen atoms in total. The minimum atomic E-state index is -0.125. The van der Waals surface area contributed by atoms with Gasteiger partial charge in [0.05, 0.1) is 10.6 Å². The van der Waals surface area contributed by atoms with Gasteiger partial charge in [0.25, 0.3) is 5.91 Å². The summed E-state index contributed by atoms with van der Waals surface area (Å²) >= 11 is 2.98. The Bertz CT molecular complexity index is 404. The van der Waals surface area contributed by atoms with Gasteiger partial charge in [-0.05, 0) is 19.6 Å². The monoisotopic (exact) mass is 273 g/mol. The van der Waals surface area contributed by atoms with Crippen molar-refractivity contribution in [2.45, 2.75) is 31.2 Å². The molecule has 0 aromatic carbocycles. The Hall–Kier alpha value is -0.880. The van der Waals surface area contributed by atoms with Crippen LogP contribution in [0.4, 0.5) is 10.7 Å². The molecule has 4 N–H and O–H groups in total. The van der Waals surface area contributed by atoms with E-state index in [0.717, 1.165) is 16.3 Å². The Labute approximate surface area is 110 Å². The van der Waals surface area contributed by atoms with Crippen LogP contribution < -0.4 is 16.4 Å². The Kier molecular flexibility index (Phi) is 5.14. The predicted octanol–water partition coefficient (Wildman–Crippen LogP) is 2.62. The summed E-state index contributed by atoms with van der Waals surface area (Å²) in [5.74, 6) is -0.125. The number of nitrogen functional groups attached to an aromatic ring is 1. The van der Waals surface area contributed by atoms with E-state index in [1.54, 1.807) is 18.8 Å². The summed E-state index contributed by atoms with van der Waals surface area (Å²) < 4.78 is 0. The minimum Gasteiger partial charge on any atom is -0.396 e. The summed E-state index contributed by atoms with van der Waals surface area (Å²) in [6, 6.07) is 0.372. The molecule has 0 aliphatic heterocycles. The number of nitrogens with one attached hydrogen (secondary N) is 2. The number of hydrogen-bond acceptors (Lipinski definition) is 5. The number of amides is 1. The van der Waals surface area contributed by atoms with Crippen molar-refractivity contribution in [2.75, 3.05) is 24.4 Å². The maximum absolute atomic E-state index is 11.7. The Morgan fingerprint density at radius 2 is 2.24 bits per heavy atom. The maximum Gasteiger partial charge on any atom is 0.263 e. The van der Waals surface area contributed by atoms with E-state index < -0.39 is 0 Å². The van der Waals surface area contributed by atoms with Crippen LogP contribution >= 0.6 is 23.1 Å². The fraction of sp³-hybridized carbons (Fsp3) is 0.545. The van der Waals surface area contributed by atoms with Crippen LogP contribution in [0.3, 0.4) is 0 Å². The van der Waals surface area contributed by atoms with Crippen LogP contribution in [0.2, 0.25) is 0 Å². The third-order valence-electron chi connectivity index (χ3n) is 2.53. The SMILES string of the molecule is CCC(C)Nc1sc(C(=O)NC)c(N)c1SC. The molecule has 96 valence electrons. The molecule has 0 bridgehead atoms. The molecule has 0 radical (unpaired) electrons. The van der Waals surface area contributed by atoms with Gasteiger partial charge in [-0.15, -0.1) is 23.1 Å². The third-order valence-corrected chi connectivity index (χ3v) is 4.62. The van der Waals surface area contributed by atoms with Gasteiger partial charge in [-0.3, -0.25) is 4.79 Å². The van der Waals surface area contributed by atoms with Gasteiger partial charge < -0.3 is 16.4 Å². The zero-order valence-electron chi connectivity index (χ0n) is 10.6. The smallest absolute Gasteiger partial charge is 0.263 e. The molecule has 1 amide bonds. The lowest BCUT2D eigenvalue weighted by atomic mass is 10.2. The lowest BCUT2D eigenvalue weighted by Crippen LogP contribution is -2.17. The zero-order chi connectivity index (χ0) is 13.0.